The molecule has 10 heteroatoms. The number of alkyl halides is 3. The molecule has 0 fully saturated rings. The predicted octanol–water partition coefficient (Wildman–Crippen LogP) is 4.98. The number of benzene rings is 2. The van der Waals surface area contributed by atoms with Crippen LogP contribution in [0, 0.1) is 10.1 Å². The van der Waals surface area contributed by atoms with Gasteiger partial charge >= 0.3 is 6.18 Å². The fourth-order valence-electron chi connectivity index (χ4n) is 2.05. The SMILES string of the molecule is O=[N+]([O-])c1ccc(Cl)c(-c2nc(-c3ccc(C(F)(F)F)cc3)no2)c1. The van der Waals surface area contributed by atoms with Crippen molar-refractivity contribution in [1.29, 1.82) is 0 Å². The minimum atomic E-state index is -4.45. The average molecular weight is 370 g/mol. The summed E-state index contributed by atoms with van der Waals surface area (Å²) >= 11 is 5.99. The number of nitrogens with zero attached hydrogens (tertiary/aromatic N) is 3. The van der Waals surface area contributed by atoms with Gasteiger partial charge in [0, 0.05) is 17.7 Å². The number of non-ortho nitro benzene ring substituents is 1. The normalized spacial score (nSPS) is 11.5. The van der Waals surface area contributed by atoms with Crippen molar-refractivity contribution in [3.63, 3.8) is 0 Å². The predicted molar refractivity (Wildman–Crippen MR) is 81.8 cm³/mol. The van der Waals surface area contributed by atoms with Gasteiger partial charge in [-0.25, -0.2) is 0 Å². The van der Waals surface area contributed by atoms with Crippen molar-refractivity contribution in [2.24, 2.45) is 0 Å². The van der Waals surface area contributed by atoms with Gasteiger partial charge in [-0.3, -0.25) is 10.1 Å². The third kappa shape index (κ3) is 3.45. The van der Waals surface area contributed by atoms with Crippen molar-refractivity contribution in [3.8, 4) is 22.8 Å². The highest BCUT2D eigenvalue weighted by molar-refractivity contribution is 6.33. The standard InChI is InChI=1S/C15H7ClF3N3O3/c16-12-6-5-10(22(23)24)7-11(12)14-20-13(21-25-14)8-1-3-9(4-2-8)15(17,18)19/h1-7H. The summed E-state index contributed by atoms with van der Waals surface area (Å²) in [5, 5.41) is 14.7. The van der Waals surface area contributed by atoms with Gasteiger partial charge in [0.25, 0.3) is 11.6 Å². The van der Waals surface area contributed by atoms with E-state index in [0.717, 1.165) is 12.1 Å². The molecule has 0 saturated carbocycles. The largest absolute Gasteiger partial charge is 0.416 e. The molecule has 0 aliphatic carbocycles. The lowest BCUT2D eigenvalue weighted by Crippen LogP contribution is -2.04. The van der Waals surface area contributed by atoms with Crippen molar-refractivity contribution in [3.05, 3.63) is 63.2 Å². The summed E-state index contributed by atoms with van der Waals surface area (Å²) < 4.78 is 42.8. The highest BCUT2D eigenvalue weighted by Gasteiger charge is 2.30. The van der Waals surface area contributed by atoms with Gasteiger partial charge in [0.1, 0.15) is 0 Å². The lowest BCUT2D eigenvalue weighted by atomic mass is 10.1. The summed E-state index contributed by atoms with van der Waals surface area (Å²) in [4.78, 5) is 14.3. The number of hydrogen-bond acceptors (Lipinski definition) is 5. The summed E-state index contributed by atoms with van der Waals surface area (Å²) in [5.41, 5.74) is -0.568. The molecule has 25 heavy (non-hydrogen) atoms. The van der Waals surface area contributed by atoms with E-state index in [0.29, 0.717) is 5.56 Å². The van der Waals surface area contributed by atoms with Gasteiger partial charge in [-0.1, -0.05) is 28.9 Å². The topological polar surface area (TPSA) is 82.1 Å². The van der Waals surface area contributed by atoms with Crippen molar-refractivity contribution in [2.45, 2.75) is 6.18 Å². The Kier molecular flexibility index (Phi) is 4.17. The number of nitro benzene ring substituents is 1. The second-order valence-corrected chi connectivity index (χ2v) is 5.33. The highest BCUT2D eigenvalue weighted by atomic mass is 35.5. The molecule has 128 valence electrons. The van der Waals surface area contributed by atoms with E-state index in [1.165, 1.54) is 30.3 Å². The number of aromatic nitrogens is 2. The van der Waals surface area contributed by atoms with Crippen LogP contribution in [0.15, 0.2) is 47.0 Å². The van der Waals surface area contributed by atoms with E-state index in [2.05, 4.69) is 10.1 Å². The Labute approximate surface area is 143 Å². The second-order valence-electron chi connectivity index (χ2n) is 4.92. The lowest BCUT2D eigenvalue weighted by Gasteiger charge is -2.05. The molecule has 3 rings (SSSR count). The minimum Gasteiger partial charge on any atom is -0.334 e. The van der Waals surface area contributed by atoms with Gasteiger partial charge < -0.3 is 4.52 Å². The molecule has 3 aromatic rings. The summed E-state index contributed by atoms with van der Waals surface area (Å²) in [6.45, 7) is 0. The first-order chi connectivity index (χ1) is 11.8. The summed E-state index contributed by atoms with van der Waals surface area (Å²) in [7, 11) is 0. The van der Waals surface area contributed by atoms with E-state index in [9.17, 15) is 23.3 Å². The molecule has 6 nitrogen and oxygen atoms in total. The van der Waals surface area contributed by atoms with Gasteiger partial charge in [-0.2, -0.15) is 18.2 Å². The molecule has 0 atom stereocenters. The van der Waals surface area contributed by atoms with E-state index >= 15 is 0 Å². The Bertz CT molecular complexity index is 939. The molecule has 2 aromatic carbocycles. The number of hydrogen-bond donors (Lipinski definition) is 0. The molecule has 0 aliphatic heterocycles. The Morgan fingerprint density at radius 2 is 1.80 bits per heavy atom. The van der Waals surface area contributed by atoms with E-state index in [-0.39, 0.29) is 28.0 Å². The first-order valence-corrected chi connectivity index (χ1v) is 7.09. The molecular formula is C15H7ClF3N3O3. The van der Waals surface area contributed by atoms with Crippen LogP contribution in [0.2, 0.25) is 5.02 Å². The number of halogens is 4. The average Bonchev–Trinajstić information content (AvgIpc) is 3.04. The van der Waals surface area contributed by atoms with E-state index < -0.39 is 16.7 Å². The smallest absolute Gasteiger partial charge is 0.334 e. The maximum absolute atomic E-state index is 12.6. The third-order valence-electron chi connectivity index (χ3n) is 3.29. The second kappa shape index (κ2) is 6.17. The van der Waals surface area contributed by atoms with E-state index in [1.54, 1.807) is 0 Å². The van der Waals surface area contributed by atoms with Gasteiger partial charge in [-0.05, 0) is 18.2 Å². The lowest BCUT2D eigenvalue weighted by molar-refractivity contribution is -0.384. The van der Waals surface area contributed by atoms with Gasteiger partial charge in [0.15, 0.2) is 0 Å². The minimum absolute atomic E-state index is 0.0336. The highest BCUT2D eigenvalue weighted by Crippen LogP contribution is 2.33. The molecule has 0 unspecified atom stereocenters. The van der Waals surface area contributed by atoms with E-state index in [4.69, 9.17) is 16.1 Å². The van der Waals surface area contributed by atoms with E-state index in [1.807, 2.05) is 0 Å². The zero-order chi connectivity index (χ0) is 18.2. The molecular weight excluding hydrogens is 363 g/mol. The van der Waals surface area contributed by atoms with Crippen molar-refractivity contribution in [1.82, 2.24) is 10.1 Å². The van der Waals surface area contributed by atoms with Crippen molar-refractivity contribution in [2.75, 3.05) is 0 Å². The zero-order valence-electron chi connectivity index (χ0n) is 12.1. The molecule has 0 aliphatic rings. The Morgan fingerprint density at radius 3 is 2.40 bits per heavy atom. The summed E-state index contributed by atoms with van der Waals surface area (Å²) in [5.74, 6) is -0.0464. The van der Waals surface area contributed by atoms with Crippen LogP contribution < -0.4 is 0 Å². The molecule has 0 N–H and O–H groups in total. The number of nitro groups is 1. The quantitative estimate of drug-likeness (QED) is 0.480. The monoisotopic (exact) mass is 369 g/mol. The molecule has 0 spiro atoms. The molecule has 0 saturated heterocycles. The van der Waals surface area contributed by atoms with Crippen LogP contribution in [0.5, 0.6) is 0 Å². The fraction of sp³-hybridized carbons (Fsp3) is 0.0667. The molecule has 0 bridgehead atoms. The Balaban J connectivity index is 1.96. The fourth-order valence-corrected chi connectivity index (χ4v) is 2.25. The van der Waals surface area contributed by atoms with Gasteiger partial charge in [0.2, 0.25) is 5.82 Å². The van der Waals surface area contributed by atoms with Crippen LogP contribution in [0.1, 0.15) is 5.56 Å². The third-order valence-corrected chi connectivity index (χ3v) is 3.62. The Hall–Kier alpha value is -2.94. The van der Waals surface area contributed by atoms with Crippen LogP contribution in [-0.2, 0) is 6.18 Å². The van der Waals surface area contributed by atoms with Gasteiger partial charge in [-0.15, -0.1) is 0 Å². The van der Waals surface area contributed by atoms with Crippen molar-refractivity contribution >= 4 is 17.3 Å². The Morgan fingerprint density at radius 1 is 1.12 bits per heavy atom. The molecule has 0 amide bonds. The van der Waals surface area contributed by atoms with Crippen LogP contribution in [0.3, 0.4) is 0 Å². The molecule has 1 aromatic heterocycles. The van der Waals surface area contributed by atoms with Crippen LogP contribution >= 0.6 is 11.6 Å². The first kappa shape index (κ1) is 16.9. The van der Waals surface area contributed by atoms with Crippen LogP contribution in [-0.4, -0.2) is 15.1 Å². The molecule has 1 heterocycles. The maximum Gasteiger partial charge on any atom is 0.416 e. The van der Waals surface area contributed by atoms with Crippen LogP contribution in [0.4, 0.5) is 18.9 Å². The van der Waals surface area contributed by atoms with Gasteiger partial charge in [0.05, 0.1) is 21.1 Å². The van der Waals surface area contributed by atoms with Crippen molar-refractivity contribution < 1.29 is 22.6 Å². The molecule has 0 radical (unpaired) electrons. The first-order valence-electron chi connectivity index (χ1n) is 6.71. The summed E-state index contributed by atoms with van der Waals surface area (Å²) in [6.07, 6.45) is -4.45. The summed E-state index contributed by atoms with van der Waals surface area (Å²) in [6, 6.07) is 7.90. The van der Waals surface area contributed by atoms with Crippen LogP contribution in [0.25, 0.3) is 22.8 Å². The number of rotatable bonds is 3. The maximum atomic E-state index is 12.6. The zero-order valence-corrected chi connectivity index (χ0v) is 12.9.